The van der Waals surface area contributed by atoms with E-state index in [1.807, 2.05) is 30.3 Å². The third kappa shape index (κ3) is 7.11. The molecular formula is C31H29ClF3N3O4S. The van der Waals surface area contributed by atoms with Gasteiger partial charge in [-0.05, 0) is 48.9 Å². The molecule has 4 aromatic rings. The van der Waals surface area contributed by atoms with E-state index in [1.54, 1.807) is 0 Å². The first kappa shape index (κ1) is 30.8. The number of H-pyrrole nitrogens is 1. The van der Waals surface area contributed by atoms with Crippen molar-refractivity contribution in [2.45, 2.75) is 49.6 Å². The Balaban J connectivity index is 1.56. The molecule has 0 saturated heterocycles. The average molecular weight is 632 g/mol. The van der Waals surface area contributed by atoms with Crippen LogP contribution in [-0.4, -0.2) is 30.7 Å². The predicted molar refractivity (Wildman–Crippen MR) is 158 cm³/mol. The van der Waals surface area contributed by atoms with Gasteiger partial charge in [0.2, 0.25) is 10.0 Å². The summed E-state index contributed by atoms with van der Waals surface area (Å²) in [5, 5.41) is 0. The van der Waals surface area contributed by atoms with Crippen LogP contribution < -0.4 is 15.0 Å². The number of ether oxygens (including phenoxy) is 1. The van der Waals surface area contributed by atoms with Crippen LogP contribution in [0.25, 0.3) is 11.1 Å². The Morgan fingerprint density at radius 1 is 1.02 bits per heavy atom. The van der Waals surface area contributed by atoms with Gasteiger partial charge in [0.25, 0.3) is 5.56 Å². The fourth-order valence-electron chi connectivity index (χ4n) is 5.71. The second-order valence-electron chi connectivity index (χ2n) is 10.8. The summed E-state index contributed by atoms with van der Waals surface area (Å²) < 4.78 is 78.2. The van der Waals surface area contributed by atoms with Gasteiger partial charge in [0.15, 0.2) is 11.6 Å². The van der Waals surface area contributed by atoms with Crippen molar-refractivity contribution in [3.63, 3.8) is 0 Å². The molecule has 3 aromatic carbocycles. The molecule has 0 amide bonds. The van der Waals surface area contributed by atoms with Crippen molar-refractivity contribution in [3.05, 3.63) is 117 Å². The first-order valence-corrected chi connectivity index (χ1v) is 16.0. The van der Waals surface area contributed by atoms with Crippen molar-refractivity contribution in [2.75, 3.05) is 6.26 Å². The van der Waals surface area contributed by atoms with Gasteiger partial charge in [0.05, 0.1) is 17.8 Å². The van der Waals surface area contributed by atoms with Gasteiger partial charge in [-0.2, -0.15) is 0 Å². The number of aromatic nitrogens is 2. The number of para-hydroxylation sites is 1. The third-order valence-corrected chi connectivity index (χ3v) is 8.61. The Kier molecular flexibility index (Phi) is 8.96. The average Bonchev–Trinajstić information content (AvgIpc) is 3.36. The predicted octanol–water partition coefficient (Wildman–Crippen LogP) is 5.75. The summed E-state index contributed by atoms with van der Waals surface area (Å²) in [4.78, 5) is 19.7. The van der Waals surface area contributed by atoms with Crippen LogP contribution in [0.15, 0.2) is 71.5 Å². The zero-order valence-electron chi connectivity index (χ0n) is 23.2. The quantitative estimate of drug-likeness (QED) is 0.217. The number of rotatable bonds is 10. The summed E-state index contributed by atoms with van der Waals surface area (Å²) in [5.41, 5.74) is -0.295. The van der Waals surface area contributed by atoms with E-state index in [-0.39, 0.29) is 53.6 Å². The summed E-state index contributed by atoms with van der Waals surface area (Å²) in [7, 11) is -3.56. The maximum absolute atomic E-state index is 15.5. The monoisotopic (exact) mass is 631 g/mol. The number of hydrogen-bond acceptors (Lipinski definition) is 5. The summed E-state index contributed by atoms with van der Waals surface area (Å²) in [6.07, 6.45) is 1.90. The molecule has 43 heavy (non-hydrogen) atoms. The van der Waals surface area contributed by atoms with Gasteiger partial charge in [-0.1, -0.05) is 42.5 Å². The molecule has 1 heterocycles. The fourth-order valence-corrected chi connectivity index (χ4v) is 6.66. The number of nitrogens with zero attached hydrogens (tertiary/aromatic N) is 1. The van der Waals surface area contributed by atoms with E-state index in [9.17, 15) is 13.2 Å². The summed E-state index contributed by atoms with van der Waals surface area (Å²) in [5.74, 6) is -2.46. The Morgan fingerprint density at radius 3 is 2.51 bits per heavy atom. The zero-order chi connectivity index (χ0) is 30.8. The highest BCUT2D eigenvalue weighted by atomic mass is 35.5. The maximum atomic E-state index is 15.5. The van der Waals surface area contributed by atoms with Crippen LogP contribution in [0.4, 0.5) is 13.2 Å². The van der Waals surface area contributed by atoms with Crippen LogP contribution in [0.2, 0.25) is 0 Å². The number of sulfonamides is 1. The lowest BCUT2D eigenvalue weighted by atomic mass is 9.78. The second-order valence-corrected chi connectivity index (χ2v) is 12.9. The molecule has 7 nitrogen and oxygen atoms in total. The van der Waals surface area contributed by atoms with Gasteiger partial charge >= 0.3 is 0 Å². The number of nitrogens with one attached hydrogen (secondary N) is 2. The van der Waals surface area contributed by atoms with Crippen molar-refractivity contribution in [3.8, 4) is 16.9 Å². The number of alkyl halides is 1. The van der Waals surface area contributed by atoms with E-state index >= 15 is 13.2 Å². The highest BCUT2D eigenvalue weighted by Gasteiger charge is 2.44. The lowest BCUT2D eigenvalue weighted by molar-refractivity contribution is 0.291. The minimum absolute atomic E-state index is 0.0260. The molecule has 1 aromatic heterocycles. The van der Waals surface area contributed by atoms with Crippen LogP contribution >= 0.6 is 11.6 Å². The molecule has 2 atom stereocenters. The minimum atomic E-state index is -3.56. The molecule has 1 aliphatic carbocycles. The molecule has 1 fully saturated rings. The molecule has 1 aliphatic rings. The highest BCUT2D eigenvalue weighted by molar-refractivity contribution is 7.88. The van der Waals surface area contributed by atoms with Crippen LogP contribution in [0, 0.1) is 17.5 Å². The normalized spacial score (nSPS) is 18.6. The molecule has 2 N–H and O–H groups in total. The standard InChI is InChI=1S/C31H29ClF3N3O4S/c1-43(40,41)38-21-10-11-31(16-21,30-36-22(17-32)13-28(39)37-30)15-20-12-24(27(35)14-26(20)34)23-8-5-9-25(33)29(23)42-18-19-6-3-2-4-7-19/h2-9,12-14,21,38H,10-11,15-18H2,1H3,(H,36,37,39)/t21-,31+/m0/s1. The minimum Gasteiger partial charge on any atom is -0.485 e. The number of benzene rings is 3. The summed E-state index contributed by atoms with van der Waals surface area (Å²) in [6, 6.07) is 15.9. The van der Waals surface area contributed by atoms with Crippen molar-refractivity contribution in [2.24, 2.45) is 0 Å². The van der Waals surface area contributed by atoms with Gasteiger partial charge < -0.3 is 9.72 Å². The van der Waals surface area contributed by atoms with Crippen molar-refractivity contribution < 1.29 is 26.3 Å². The molecule has 5 rings (SSSR count). The van der Waals surface area contributed by atoms with E-state index in [4.69, 9.17) is 16.3 Å². The van der Waals surface area contributed by atoms with Gasteiger partial charge in [-0.15, -0.1) is 11.6 Å². The highest BCUT2D eigenvalue weighted by Crippen LogP contribution is 2.44. The Labute approximate surface area is 252 Å². The van der Waals surface area contributed by atoms with Crippen molar-refractivity contribution >= 4 is 21.6 Å². The Bertz CT molecular complexity index is 1800. The molecule has 12 heteroatoms. The topological polar surface area (TPSA) is 101 Å². The van der Waals surface area contributed by atoms with Crippen LogP contribution in [0.5, 0.6) is 5.75 Å². The van der Waals surface area contributed by atoms with Gasteiger partial charge in [-0.25, -0.2) is 31.3 Å². The Hall–Kier alpha value is -3.67. The number of hydrogen-bond donors (Lipinski definition) is 2. The molecule has 0 radical (unpaired) electrons. The van der Waals surface area contributed by atoms with E-state index in [2.05, 4.69) is 14.7 Å². The van der Waals surface area contributed by atoms with Crippen molar-refractivity contribution in [1.29, 1.82) is 0 Å². The summed E-state index contributed by atoms with van der Waals surface area (Å²) >= 11 is 5.97. The SMILES string of the molecule is CS(=O)(=O)N[C@H]1CC[C@](Cc2cc(-c3cccc(F)c3OCc3ccccc3)c(F)cc2F)(c2nc(CCl)cc(=O)[nH]2)C1. The molecule has 1 saturated carbocycles. The second kappa shape index (κ2) is 12.5. The maximum Gasteiger partial charge on any atom is 0.251 e. The zero-order valence-corrected chi connectivity index (χ0v) is 24.7. The van der Waals surface area contributed by atoms with E-state index < -0.39 is 44.5 Å². The van der Waals surface area contributed by atoms with Gasteiger partial charge in [-0.3, -0.25) is 4.79 Å². The van der Waals surface area contributed by atoms with Crippen LogP contribution in [0.1, 0.15) is 41.9 Å². The first-order chi connectivity index (χ1) is 20.5. The number of aromatic amines is 1. The molecule has 0 aliphatic heterocycles. The third-order valence-electron chi connectivity index (χ3n) is 7.57. The van der Waals surface area contributed by atoms with E-state index in [0.717, 1.165) is 17.9 Å². The molecule has 0 bridgehead atoms. The number of halogens is 4. The molecule has 0 unspecified atom stereocenters. The Morgan fingerprint density at radius 2 is 1.79 bits per heavy atom. The lowest BCUT2D eigenvalue weighted by Gasteiger charge is -2.29. The van der Waals surface area contributed by atoms with E-state index in [0.29, 0.717) is 18.5 Å². The van der Waals surface area contributed by atoms with Crippen LogP contribution in [0.3, 0.4) is 0 Å². The largest absolute Gasteiger partial charge is 0.485 e. The fraction of sp³-hybridized carbons (Fsp3) is 0.290. The summed E-state index contributed by atoms with van der Waals surface area (Å²) in [6.45, 7) is 0.0260. The molecule has 226 valence electrons. The van der Waals surface area contributed by atoms with Gasteiger partial charge in [0.1, 0.15) is 24.1 Å². The first-order valence-electron chi connectivity index (χ1n) is 13.5. The van der Waals surface area contributed by atoms with E-state index in [1.165, 1.54) is 30.3 Å². The smallest absolute Gasteiger partial charge is 0.251 e. The lowest BCUT2D eigenvalue weighted by Crippen LogP contribution is -2.37. The molecule has 0 spiro atoms. The van der Waals surface area contributed by atoms with Gasteiger partial charge in [0, 0.05) is 34.7 Å². The molecular weight excluding hydrogens is 603 g/mol. The van der Waals surface area contributed by atoms with Crippen molar-refractivity contribution in [1.82, 2.24) is 14.7 Å². The van der Waals surface area contributed by atoms with Crippen LogP contribution in [-0.2, 0) is 34.3 Å².